The molecule has 0 unspecified atom stereocenters. The Labute approximate surface area is 50.2 Å². The van der Waals surface area contributed by atoms with E-state index in [1.54, 1.807) is 0 Å². The molecule has 0 saturated carbocycles. The van der Waals surface area contributed by atoms with Gasteiger partial charge in [0, 0.05) is 0 Å². The fourth-order valence-corrected chi connectivity index (χ4v) is 0.172. The van der Waals surface area contributed by atoms with Gasteiger partial charge in [0.2, 0.25) is 0 Å². The van der Waals surface area contributed by atoms with E-state index in [1.807, 2.05) is 0 Å². The quantitative estimate of drug-likeness (QED) is 0.328. The van der Waals surface area contributed by atoms with E-state index in [-0.39, 0.29) is 5.88 Å². The Bertz CT molecular complexity index is 64.0. The number of halogens is 2. The second-order valence-electron chi connectivity index (χ2n) is 0.652. The summed E-state index contributed by atoms with van der Waals surface area (Å²) in [5.74, 6) is -0.969. The van der Waals surface area contributed by atoms with Crippen LogP contribution in [0.2, 0.25) is 0 Å². The van der Waals surface area contributed by atoms with Gasteiger partial charge in [0.15, 0.2) is 0 Å². The summed E-state index contributed by atoms with van der Waals surface area (Å²) in [5.41, 5.74) is 0. The van der Waals surface area contributed by atoms with E-state index in [0.717, 1.165) is 0 Å². The Hall–Kier alpha value is 0.01000. The van der Waals surface area contributed by atoms with Crippen molar-refractivity contribution in [2.24, 2.45) is 0 Å². The summed E-state index contributed by atoms with van der Waals surface area (Å²) in [5, 5.41) is 0. The molecular formula is C2H2Cl2O3. The predicted octanol–water partition coefficient (Wildman–Crippen LogP) is 0.854. The van der Waals surface area contributed by atoms with Crippen LogP contribution >= 0.6 is 23.5 Å². The number of rotatable bonds is 2. The maximum absolute atomic E-state index is 9.85. The zero-order chi connectivity index (χ0) is 5.70. The fourth-order valence-electron chi connectivity index (χ4n) is 0.0574. The SMILES string of the molecule is O=C(CCl)OOCl. The molecule has 0 spiro atoms. The molecule has 0 aliphatic heterocycles. The first-order chi connectivity index (χ1) is 3.31. The molecular weight excluding hydrogens is 143 g/mol. The molecule has 0 atom stereocenters. The maximum Gasteiger partial charge on any atom is 0.358 e. The van der Waals surface area contributed by atoms with E-state index in [9.17, 15) is 4.79 Å². The van der Waals surface area contributed by atoms with Crippen LogP contribution in [0.15, 0.2) is 0 Å². The van der Waals surface area contributed by atoms with Crippen LogP contribution in [0, 0.1) is 0 Å². The van der Waals surface area contributed by atoms with Gasteiger partial charge in [0.25, 0.3) is 0 Å². The largest absolute Gasteiger partial charge is 0.358 e. The average Bonchev–Trinajstić information content (AvgIpc) is 1.68. The predicted molar refractivity (Wildman–Crippen MR) is 23.8 cm³/mol. The Morgan fingerprint density at radius 2 is 2.29 bits per heavy atom. The Morgan fingerprint density at radius 1 is 1.71 bits per heavy atom. The first kappa shape index (κ1) is 7.01. The highest BCUT2D eigenvalue weighted by Crippen LogP contribution is 1.85. The third kappa shape index (κ3) is 3.85. The molecule has 0 heterocycles. The molecule has 0 aromatic heterocycles. The van der Waals surface area contributed by atoms with Crippen molar-refractivity contribution in [3.8, 4) is 0 Å². The van der Waals surface area contributed by atoms with Gasteiger partial charge in [-0.2, -0.15) is 0 Å². The van der Waals surface area contributed by atoms with Crippen molar-refractivity contribution in [1.29, 1.82) is 0 Å². The van der Waals surface area contributed by atoms with Gasteiger partial charge >= 0.3 is 5.97 Å². The van der Waals surface area contributed by atoms with Crippen LogP contribution in [0.4, 0.5) is 0 Å². The normalized spacial score (nSPS) is 8.29. The molecule has 3 nitrogen and oxygen atoms in total. The van der Waals surface area contributed by atoms with Gasteiger partial charge in [-0.25, -0.2) is 4.79 Å². The monoisotopic (exact) mass is 144 g/mol. The van der Waals surface area contributed by atoms with E-state index in [4.69, 9.17) is 11.6 Å². The maximum atomic E-state index is 9.85. The van der Waals surface area contributed by atoms with Crippen molar-refractivity contribution in [2.45, 2.75) is 0 Å². The van der Waals surface area contributed by atoms with Crippen molar-refractivity contribution in [2.75, 3.05) is 5.88 Å². The standard InChI is InChI=1S/C2H2Cl2O3/c3-1-2(5)6-7-4/h1H2. The average molecular weight is 145 g/mol. The van der Waals surface area contributed by atoms with Crippen LogP contribution < -0.4 is 0 Å². The molecule has 0 bridgehead atoms. The van der Waals surface area contributed by atoms with Crippen LogP contribution in [0.5, 0.6) is 0 Å². The minimum atomic E-state index is -0.711. The highest BCUT2D eigenvalue weighted by Gasteiger charge is 1.96. The topological polar surface area (TPSA) is 35.5 Å². The van der Waals surface area contributed by atoms with E-state index in [1.165, 1.54) is 0 Å². The molecule has 0 aromatic carbocycles. The zero-order valence-electron chi connectivity index (χ0n) is 3.19. The molecule has 0 amide bonds. The van der Waals surface area contributed by atoms with Gasteiger partial charge in [0.05, 0.1) is 0 Å². The molecule has 0 aromatic rings. The number of hydrogen-bond acceptors (Lipinski definition) is 3. The van der Waals surface area contributed by atoms with Crippen LogP contribution in [0.1, 0.15) is 0 Å². The van der Waals surface area contributed by atoms with Gasteiger partial charge in [0.1, 0.15) is 17.7 Å². The van der Waals surface area contributed by atoms with E-state index < -0.39 is 5.97 Å². The molecule has 7 heavy (non-hydrogen) atoms. The molecule has 0 rings (SSSR count). The molecule has 0 radical (unpaired) electrons. The molecule has 42 valence electrons. The lowest BCUT2D eigenvalue weighted by Crippen LogP contribution is -2.01. The highest BCUT2D eigenvalue weighted by molar-refractivity contribution is 6.26. The number of carbonyl (C=O) groups excluding carboxylic acids is 1. The highest BCUT2D eigenvalue weighted by atomic mass is 35.5. The number of hydrogen-bond donors (Lipinski definition) is 0. The lowest BCUT2D eigenvalue weighted by Gasteiger charge is -1.87. The third-order valence-electron chi connectivity index (χ3n) is 0.234. The Kier molecular flexibility index (Phi) is 4.18. The second kappa shape index (κ2) is 4.18. The van der Waals surface area contributed by atoms with Crippen LogP contribution in [-0.4, -0.2) is 11.8 Å². The summed E-state index contributed by atoms with van der Waals surface area (Å²) in [4.78, 5) is 13.5. The Balaban J connectivity index is 3.00. The van der Waals surface area contributed by atoms with Gasteiger partial charge in [-0.15, -0.1) is 11.6 Å². The van der Waals surface area contributed by atoms with Crippen LogP contribution in [-0.2, 0) is 14.1 Å². The lowest BCUT2D eigenvalue weighted by atomic mass is 10.8. The molecule has 0 aliphatic carbocycles. The van der Waals surface area contributed by atoms with Gasteiger partial charge in [-0.05, 0) is 0 Å². The smallest absolute Gasteiger partial charge is 0.279 e. The van der Waals surface area contributed by atoms with Crippen molar-refractivity contribution in [1.82, 2.24) is 0 Å². The van der Waals surface area contributed by atoms with E-state index in [0.29, 0.717) is 0 Å². The molecule has 0 N–H and O–H groups in total. The zero-order valence-corrected chi connectivity index (χ0v) is 4.70. The van der Waals surface area contributed by atoms with Crippen molar-refractivity contribution in [3.63, 3.8) is 0 Å². The van der Waals surface area contributed by atoms with Crippen LogP contribution in [0.25, 0.3) is 0 Å². The first-order valence-corrected chi connectivity index (χ1v) is 2.19. The molecule has 5 heteroatoms. The second-order valence-corrected chi connectivity index (χ2v) is 1.05. The van der Waals surface area contributed by atoms with E-state index >= 15 is 0 Å². The molecule has 0 saturated heterocycles. The van der Waals surface area contributed by atoms with Crippen molar-refractivity contribution >= 4 is 29.4 Å². The number of alkyl halides is 1. The minimum Gasteiger partial charge on any atom is -0.279 e. The molecule has 0 fully saturated rings. The van der Waals surface area contributed by atoms with Gasteiger partial charge in [-0.1, -0.05) is 4.44 Å². The van der Waals surface area contributed by atoms with Crippen LogP contribution in [0.3, 0.4) is 0 Å². The summed E-state index contributed by atoms with van der Waals surface area (Å²) >= 11 is 9.39. The third-order valence-corrected chi connectivity index (χ3v) is 0.515. The van der Waals surface area contributed by atoms with Crippen molar-refractivity contribution in [3.05, 3.63) is 0 Å². The first-order valence-electron chi connectivity index (χ1n) is 1.35. The summed E-state index contributed by atoms with van der Waals surface area (Å²) in [7, 11) is 0. The van der Waals surface area contributed by atoms with Crippen molar-refractivity contribution < 1.29 is 14.1 Å². The van der Waals surface area contributed by atoms with Gasteiger partial charge < -0.3 is 0 Å². The summed E-state index contributed by atoms with van der Waals surface area (Å²) in [6, 6.07) is 0. The summed E-state index contributed by atoms with van der Waals surface area (Å²) < 4.78 is 3.43. The van der Waals surface area contributed by atoms with Gasteiger partial charge in [-0.3, -0.25) is 4.89 Å². The fraction of sp³-hybridized carbons (Fsp3) is 0.500. The number of carbonyl (C=O) groups is 1. The minimum absolute atomic E-state index is 0.257. The van der Waals surface area contributed by atoms with E-state index in [2.05, 4.69) is 21.2 Å². The molecule has 0 aliphatic rings. The lowest BCUT2D eigenvalue weighted by molar-refractivity contribution is -0.208. The Morgan fingerprint density at radius 3 is 2.43 bits per heavy atom. The summed E-state index contributed by atoms with van der Waals surface area (Å²) in [6.45, 7) is 0. The summed E-state index contributed by atoms with van der Waals surface area (Å²) in [6.07, 6.45) is 0.